The van der Waals surface area contributed by atoms with Gasteiger partial charge in [0.1, 0.15) is 0 Å². The van der Waals surface area contributed by atoms with Gasteiger partial charge in [0.05, 0.1) is 24.2 Å². The van der Waals surface area contributed by atoms with E-state index >= 15 is 0 Å². The highest BCUT2D eigenvalue weighted by Crippen LogP contribution is 2.21. The molecular formula is C15H21NO4S. The number of carbonyl (C=O) groups is 1. The van der Waals surface area contributed by atoms with Crippen molar-refractivity contribution in [2.75, 3.05) is 18.1 Å². The highest BCUT2D eigenvalue weighted by atomic mass is 32.2. The minimum atomic E-state index is -2.95. The predicted octanol–water partition coefficient (Wildman–Crippen LogP) is 0.531. The smallest absolute Gasteiger partial charge is 0.220 e. The average Bonchev–Trinajstić information content (AvgIpc) is 2.78. The number of rotatable bonds is 6. The summed E-state index contributed by atoms with van der Waals surface area (Å²) in [7, 11) is -2.95. The van der Waals surface area contributed by atoms with E-state index in [-0.39, 0.29) is 42.4 Å². The molecular weight excluding hydrogens is 290 g/mol. The molecule has 1 aromatic carbocycles. The number of hydrogen-bond donors (Lipinski definition) is 2. The Labute approximate surface area is 125 Å². The SMILES string of the molecule is O=C(CC1CCS(=O)(=O)C1)NC(CO)Cc1ccccc1. The van der Waals surface area contributed by atoms with Crippen LogP contribution in [0.5, 0.6) is 0 Å². The van der Waals surface area contributed by atoms with Crippen LogP contribution in [0, 0.1) is 5.92 Å². The molecule has 0 saturated carbocycles. The second kappa shape index (κ2) is 7.04. The number of aliphatic hydroxyl groups is 1. The Kier molecular flexibility index (Phi) is 5.36. The fraction of sp³-hybridized carbons (Fsp3) is 0.533. The monoisotopic (exact) mass is 311 g/mol. The Morgan fingerprint density at radius 2 is 2.05 bits per heavy atom. The lowest BCUT2D eigenvalue weighted by Crippen LogP contribution is -2.39. The van der Waals surface area contributed by atoms with Crippen molar-refractivity contribution < 1.29 is 18.3 Å². The summed E-state index contributed by atoms with van der Waals surface area (Å²) in [4.78, 5) is 12.0. The van der Waals surface area contributed by atoms with E-state index < -0.39 is 9.84 Å². The maximum atomic E-state index is 12.0. The van der Waals surface area contributed by atoms with Gasteiger partial charge in [0, 0.05) is 6.42 Å². The van der Waals surface area contributed by atoms with Crippen LogP contribution >= 0.6 is 0 Å². The number of sulfone groups is 1. The van der Waals surface area contributed by atoms with Gasteiger partial charge in [-0.05, 0) is 24.3 Å². The van der Waals surface area contributed by atoms with E-state index in [1.807, 2.05) is 30.3 Å². The topological polar surface area (TPSA) is 83.5 Å². The van der Waals surface area contributed by atoms with E-state index in [9.17, 15) is 18.3 Å². The summed E-state index contributed by atoms with van der Waals surface area (Å²) >= 11 is 0. The summed E-state index contributed by atoms with van der Waals surface area (Å²) in [6.45, 7) is -0.135. The molecule has 5 nitrogen and oxygen atoms in total. The third-order valence-electron chi connectivity index (χ3n) is 3.71. The molecule has 6 heteroatoms. The summed E-state index contributed by atoms with van der Waals surface area (Å²) < 4.78 is 22.7. The van der Waals surface area contributed by atoms with Gasteiger partial charge in [-0.3, -0.25) is 4.79 Å². The maximum absolute atomic E-state index is 12.0. The van der Waals surface area contributed by atoms with E-state index in [2.05, 4.69) is 5.32 Å². The summed E-state index contributed by atoms with van der Waals surface area (Å²) in [6.07, 6.45) is 1.33. The van der Waals surface area contributed by atoms with E-state index in [1.54, 1.807) is 0 Å². The number of nitrogens with one attached hydrogen (secondary N) is 1. The summed E-state index contributed by atoms with van der Waals surface area (Å²) in [6, 6.07) is 9.29. The number of amides is 1. The molecule has 1 amide bonds. The van der Waals surface area contributed by atoms with Crippen LogP contribution in [0.2, 0.25) is 0 Å². The van der Waals surface area contributed by atoms with Crippen molar-refractivity contribution in [3.05, 3.63) is 35.9 Å². The zero-order chi connectivity index (χ0) is 15.3. The van der Waals surface area contributed by atoms with Crippen molar-refractivity contribution in [3.8, 4) is 0 Å². The Morgan fingerprint density at radius 1 is 1.33 bits per heavy atom. The van der Waals surface area contributed by atoms with E-state index in [0.29, 0.717) is 12.8 Å². The van der Waals surface area contributed by atoms with Gasteiger partial charge < -0.3 is 10.4 Å². The van der Waals surface area contributed by atoms with Crippen molar-refractivity contribution in [1.82, 2.24) is 5.32 Å². The van der Waals surface area contributed by atoms with Crippen LogP contribution < -0.4 is 5.32 Å². The predicted molar refractivity (Wildman–Crippen MR) is 80.5 cm³/mol. The first-order chi connectivity index (χ1) is 9.98. The Bertz CT molecular complexity index is 571. The third-order valence-corrected chi connectivity index (χ3v) is 5.55. The zero-order valence-electron chi connectivity index (χ0n) is 11.9. The first kappa shape index (κ1) is 16.0. The molecule has 1 aromatic rings. The molecule has 0 spiro atoms. The molecule has 2 N–H and O–H groups in total. The van der Waals surface area contributed by atoms with Crippen LogP contribution in [0.3, 0.4) is 0 Å². The molecule has 116 valence electrons. The van der Waals surface area contributed by atoms with Crippen molar-refractivity contribution in [3.63, 3.8) is 0 Å². The van der Waals surface area contributed by atoms with Crippen LogP contribution in [0.4, 0.5) is 0 Å². The van der Waals surface area contributed by atoms with Gasteiger partial charge in [-0.1, -0.05) is 30.3 Å². The minimum Gasteiger partial charge on any atom is -0.394 e. The Balaban J connectivity index is 1.83. The maximum Gasteiger partial charge on any atom is 0.220 e. The first-order valence-corrected chi connectivity index (χ1v) is 8.95. The van der Waals surface area contributed by atoms with E-state index in [4.69, 9.17) is 0 Å². The Morgan fingerprint density at radius 3 is 2.62 bits per heavy atom. The molecule has 1 aliphatic rings. The number of carbonyl (C=O) groups excluding carboxylic acids is 1. The summed E-state index contributed by atoms with van der Waals surface area (Å²) in [5.41, 5.74) is 1.04. The van der Waals surface area contributed by atoms with Crippen molar-refractivity contribution in [2.45, 2.75) is 25.3 Å². The second-order valence-electron chi connectivity index (χ2n) is 5.61. The molecule has 2 atom stereocenters. The third kappa shape index (κ3) is 5.13. The molecule has 0 aliphatic carbocycles. The number of benzene rings is 1. The van der Waals surface area contributed by atoms with Crippen LogP contribution in [-0.4, -0.2) is 43.6 Å². The lowest BCUT2D eigenvalue weighted by molar-refractivity contribution is -0.122. The van der Waals surface area contributed by atoms with E-state index in [0.717, 1.165) is 5.56 Å². The lowest BCUT2D eigenvalue weighted by atomic mass is 10.0. The normalized spacial score (nSPS) is 21.9. The van der Waals surface area contributed by atoms with Gasteiger partial charge in [0.15, 0.2) is 9.84 Å². The van der Waals surface area contributed by atoms with Gasteiger partial charge in [-0.15, -0.1) is 0 Å². The molecule has 1 saturated heterocycles. The lowest BCUT2D eigenvalue weighted by Gasteiger charge is -2.17. The minimum absolute atomic E-state index is 0.0916. The highest BCUT2D eigenvalue weighted by molar-refractivity contribution is 7.91. The van der Waals surface area contributed by atoms with Crippen molar-refractivity contribution >= 4 is 15.7 Å². The van der Waals surface area contributed by atoms with Gasteiger partial charge in [0.25, 0.3) is 0 Å². The van der Waals surface area contributed by atoms with Crippen molar-refractivity contribution in [1.29, 1.82) is 0 Å². The van der Waals surface area contributed by atoms with Gasteiger partial charge >= 0.3 is 0 Å². The van der Waals surface area contributed by atoms with Crippen LogP contribution in [0.15, 0.2) is 30.3 Å². The summed E-state index contributed by atoms with van der Waals surface area (Å²) in [5.74, 6) is -0.000436. The first-order valence-electron chi connectivity index (χ1n) is 7.13. The molecule has 1 aliphatic heterocycles. The standard InChI is InChI=1S/C15H21NO4S/c17-10-14(8-12-4-2-1-3-5-12)16-15(18)9-13-6-7-21(19,20)11-13/h1-5,13-14,17H,6-11H2,(H,16,18). The van der Waals surface area contributed by atoms with Crippen molar-refractivity contribution in [2.24, 2.45) is 5.92 Å². The molecule has 21 heavy (non-hydrogen) atoms. The zero-order valence-corrected chi connectivity index (χ0v) is 12.7. The molecule has 0 aromatic heterocycles. The highest BCUT2D eigenvalue weighted by Gasteiger charge is 2.29. The average molecular weight is 311 g/mol. The quantitative estimate of drug-likeness (QED) is 0.803. The van der Waals surface area contributed by atoms with Gasteiger partial charge in [-0.25, -0.2) is 8.42 Å². The van der Waals surface area contributed by atoms with Gasteiger partial charge in [0.2, 0.25) is 5.91 Å². The second-order valence-corrected chi connectivity index (χ2v) is 7.84. The van der Waals surface area contributed by atoms with Crippen LogP contribution in [0.1, 0.15) is 18.4 Å². The number of aliphatic hydroxyl groups excluding tert-OH is 1. The van der Waals surface area contributed by atoms with Gasteiger partial charge in [-0.2, -0.15) is 0 Å². The molecule has 1 fully saturated rings. The largest absolute Gasteiger partial charge is 0.394 e. The van der Waals surface area contributed by atoms with Crippen LogP contribution in [-0.2, 0) is 21.1 Å². The molecule has 0 bridgehead atoms. The molecule has 0 radical (unpaired) electrons. The van der Waals surface area contributed by atoms with E-state index in [1.165, 1.54) is 0 Å². The molecule has 2 unspecified atom stereocenters. The fourth-order valence-corrected chi connectivity index (χ4v) is 4.50. The fourth-order valence-electron chi connectivity index (χ4n) is 2.64. The van der Waals surface area contributed by atoms with Crippen LogP contribution in [0.25, 0.3) is 0 Å². The summed E-state index contributed by atoms with van der Waals surface area (Å²) in [5, 5.41) is 12.2. The molecule has 1 heterocycles. The number of hydrogen-bond acceptors (Lipinski definition) is 4. The molecule has 2 rings (SSSR count). The Hall–Kier alpha value is -1.40.